The van der Waals surface area contributed by atoms with Crippen molar-refractivity contribution in [1.29, 1.82) is 0 Å². The Balaban J connectivity index is 1.90. The van der Waals surface area contributed by atoms with Gasteiger partial charge in [0.1, 0.15) is 0 Å². The number of carbonyl (C=O) groups is 2. The fraction of sp³-hybridized carbons (Fsp3) is 0.278. The second-order valence-electron chi connectivity index (χ2n) is 5.48. The molecule has 9 nitrogen and oxygen atoms in total. The molecular formula is C18H20N4O5S. The van der Waals surface area contributed by atoms with Gasteiger partial charge in [-0.3, -0.25) is 4.79 Å². The molecule has 1 N–H and O–H groups in total. The zero-order chi connectivity index (χ0) is 20.5. The Kier molecular flexibility index (Phi) is 7.76. The third kappa shape index (κ3) is 6.54. The van der Waals surface area contributed by atoms with Crippen LogP contribution in [0.4, 0.5) is 4.79 Å². The zero-order valence-electron chi connectivity index (χ0n) is 15.9. The highest BCUT2D eigenvalue weighted by Gasteiger charge is 2.10. The Hall–Kier alpha value is -3.14. The Morgan fingerprint density at radius 1 is 1.14 bits per heavy atom. The molecule has 0 spiro atoms. The van der Waals surface area contributed by atoms with Crippen molar-refractivity contribution in [3.05, 3.63) is 41.2 Å². The van der Waals surface area contributed by atoms with Gasteiger partial charge >= 0.3 is 6.16 Å². The molecule has 1 aromatic carbocycles. The summed E-state index contributed by atoms with van der Waals surface area (Å²) < 4.78 is 14.6. The van der Waals surface area contributed by atoms with Gasteiger partial charge in [0.2, 0.25) is 0 Å². The molecule has 0 bridgehead atoms. The normalized spacial score (nSPS) is 10.6. The Labute approximate surface area is 166 Å². The number of ether oxygens (including phenoxy) is 3. The molecule has 1 amide bonds. The molecule has 2 aromatic rings. The molecule has 28 heavy (non-hydrogen) atoms. The fourth-order valence-electron chi connectivity index (χ4n) is 2.08. The summed E-state index contributed by atoms with van der Waals surface area (Å²) in [7, 11) is 2.65. The maximum atomic E-state index is 11.9. The Morgan fingerprint density at radius 2 is 1.86 bits per heavy atom. The third-order valence-electron chi connectivity index (χ3n) is 3.24. The third-order valence-corrected chi connectivity index (χ3v) is 4.09. The lowest BCUT2D eigenvalue weighted by Crippen LogP contribution is -2.19. The molecule has 0 saturated carbocycles. The zero-order valence-corrected chi connectivity index (χ0v) is 16.7. The van der Waals surface area contributed by atoms with E-state index in [9.17, 15) is 9.59 Å². The summed E-state index contributed by atoms with van der Waals surface area (Å²) in [6, 6.07) is 6.65. The number of hydrogen-bond acceptors (Lipinski definition) is 9. The van der Waals surface area contributed by atoms with Gasteiger partial charge in [-0.2, -0.15) is 5.10 Å². The van der Waals surface area contributed by atoms with Crippen molar-refractivity contribution in [3.63, 3.8) is 0 Å². The number of aromatic nitrogens is 2. The summed E-state index contributed by atoms with van der Waals surface area (Å²) in [5, 5.41) is 4.45. The van der Waals surface area contributed by atoms with Crippen LogP contribution in [-0.4, -0.2) is 48.2 Å². The standard InChI is InChI=1S/C18H20N4O5S/c1-11-7-12(2)21-17(20-11)28-10-16(23)22-19-9-13-5-6-14(15(8-13)25-3)27-18(24)26-4/h5-9H,10H2,1-4H3,(H,22,23)/b19-9-. The van der Waals surface area contributed by atoms with Gasteiger partial charge in [-0.25, -0.2) is 20.2 Å². The number of hydrazone groups is 1. The van der Waals surface area contributed by atoms with Crippen molar-refractivity contribution in [2.45, 2.75) is 19.0 Å². The molecule has 1 heterocycles. The highest BCUT2D eigenvalue weighted by Crippen LogP contribution is 2.27. The molecule has 1 aromatic heterocycles. The molecule has 2 rings (SSSR count). The van der Waals surface area contributed by atoms with Crippen LogP contribution in [0.2, 0.25) is 0 Å². The van der Waals surface area contributed by atoms with Crippen LogP contribution in [0.1, 0.15) is 17.0 Å². The SMILES string of the molecule is COC(=O)Oc1ccc(/C=N\NC(=O)CSc2nc(C)cc(C)n2)cc1OC. The van der Waals surface area contributed by atoms with Gasteiger partial charge in [-0.15, -0.1) is 0 Å². The molecule has 148 valence electrons. The molecular weight excluding hydrogens is 384 g/mol. The molecule has 0 aliphatic heterocycles. The lowest BCUT2D eigenvalue weighted by molar-refractivity contribution is -0.118. The van der Waals surface area contributed by atoms with Crippen molar-refractivity contribution >= 4 is 30.0 Å². The Morgan fingerprint density at radius 3 is 2.50 bits per heavy atom. The molecule has 0 aliphatic carbocycles. The molecule has 0 unspecified atom stereocenters. The maximum absolute atomic E-state index is 11.9. The minimum absolute atomic E-state index is 0.134. The number of methoxy groups -OCH3 is 2. The van der Waals surface area contributed by atoms with Crippen LogP contribution >= 0.6 is 11.8 Å². The van der Waals surface area contributed by atoms with E-state index in [1.807, 2.05) is 19.9 Å². The van der Waals surface area contributed by atoms with E-state index in [-0.39, 0.29) is 17.4 Å². The van der Waals surface area contributed by atoms with Crippen LogP contribution in [0.5, 0.6) is 11.5 Å². The van der Waals surface area contributed by atoms with E-state index < -0.39 is 6.16 Å². The number of rotatable bonds is 7. The average molecular weight is 404 g/mol. The summed E-state index contributed by atoms with van der Waals surface area (Å²) in [5.74, 6) is 0.375. The first-order valence-corrected chi connectivity index (χ1v) is 9.10. The van der Waals surface area contributed by atoms with Gasteiger partial charge in [0.15, 0.2) is 16.7 Å². The first-order chi connectivity index (χ1) is 13.4. The highest BCUT2D eigenvalue weighted by atomic mass is 32.2. The van der Waals surface area contributed by atoms with Crippen molar-refractivity contribution in [2.24, 2.45) is 5.10 Å². The topological polar surface area (TPSA) is 112 Å². The van der Waals surface area contributed by atoms with E-state index in [2.05, 4.69) is 25.2 Å². The second-order valence-corrected chi connectivity index (χ2v) is 6.42. The smallest absolute Gasteiger partial charge is 0.493 e. The molecule has 0 aliphatic rings. The van der Waals surface area contributed by atoms with Gasteiger partial charge in [-0.1, -0.05) is 11.8 Å². The van der Waals surface area contributed by atoms with Gasteiger partial charge in [0, 0.05) is 11.4 Å². The predicted octanol–water partition coefficient (Wildman–Crippen LogP) is 2.49. The fourth-order valence-corrected chi connectivity index (χ4v) is 2.82. The average Bonchev–Trinajstić information content (AvgIpc) is 2.66. The molecule has 0 radical (unpaired) electrons. The first-order valence-electron chi connectivity index (χ1n) is 8.12. The summed E-state index contributed by atoms with van der Waals surface area (Å²) in [6.07, 6.45) is 0.595. The number of amides is 1. The number of nitrogens with one attached hydrogen (secondary N) is 1. The number of aryl methyl sites for hydroxylation is 2. The van der Waals surface area contributed by atoms with E-state index in [1.54, 1.807) is 12.1 Å². The number of hydrogen-bond donors (Lipinski definition) is 1. The van der Waals surface area contributed by atoms with Crippen LogP contribution < -0.4 is 14.9 Å². The van der Waals surface area contributed by atoms with Crippen LogP contribution in [0.3, 0.4) is 0 Å². The molecule has 0 atom stereocenters. The van der Waals surface area contributed by atoms with Gasteiger partial charge in [0.05, 0.1) is 26.2 Å². The van der Waals surface area contributed by atoms with Gasteiger partial charge in [-0.05, 0) is 43.7 Å². The van der Waals surface area contributed by atoms with Crippen LogP contribution in [0.15, 0.2) is 34.5 Å². The first kappa shape index (κ1) is 21.2. The van der Waals surface area contributed by atoms with Gasteiger partial charge in [0.25, 0.3) is 5.91 Å². The summed E-state index contributed by atoms with van der Waals surface area (Å²) in [6.45, 7) is 3.75. The van der Waals surface area contributed by atoms with E-state index in [0.717, 1.165) is 11.4 Å². The second kappa shape index (κ2) is 10.3. The van der Waals surface area contributed by atoms with Crippen molar-refractivity contribution in [1.82, 2.24) is 15.4 Å². The largest absolute Gasteiger partial charge is 0.513 e. The van der Waals surface area contributed by atoms with E-state index in [0.29, 0.717) is 16.5 Å². The molecule has 0 saturated heterocycles. The summed E-state index contributed by atoms with van der Waals surface area (Å²) in [5.41, 5.74) is 4.77. The number of thioether (sulfide) groups is 1. The molecule has 0 fully saturated rings. The van der Waals surface area contributed by atoms with Crippen molar-refractivity contribution in [3.8, 4) is 11.5 Å². The lowest BCUT2D eigenvalue weighted by Gasteiger charge is -2.08. The summed E-state index contributed by atoms with van der Waals surface area (Å²) >= 11 is 1.23. The van der Waals surface area contributed by atoms with Gasteiger partial charge < -0.3 is 14.2 Å². The van der Waals surface area contributed by atoms with E-state index in [1.165, 1.54) is 38.3 Å². The van der Waals surface area contributed by atoms with E-state index >= 15 is 0 Å². The minimum Gasteiger partial charge on any atom is -0.493 e. The quantitative estimate of drug-likeness (QED) is 0.187. The number of carbonyl (C=O) groups excluding carboxylic acids is 2. The molecule has 10 heteroatoms. The Bertz CT molecular complexity index is 868. The van der Waals surface area contributed by atoms with Crippen molar-refractivity contribution in [2.75, 3.05) is 20.0 Å². The van der Waals surface area contributed by atoms with Crippen LogP contribution in [0.25, 0.3) is 0 Å². The van der Waals surface area contributed by atoms with E-state index in [4.69, 9.17) is 9.47 Å². The highest BCUT2D eigenvalue weighted by molar-refractivity contribution is 7.99. The summed E-state index contributed by atoms with van der Waals surface area (Å²) in [4.78, 5) is 31.6. The predicted molar refractivity (Wildman–Crippen MR) is 104 cm³/mol. The van der Waals surface area contributed by atoms with Crippen molar-refractivity contribution < 1.29 is 23.8 Å². The maximum Gasteiger partial charge on any atom is 0.513 e. The van der Waals surface area contributed by atoms with Crippen LogP contribution in [0, 0.1) is 13.8 Å². The minimum atomic E-state index is -0.850. The lowest BCUT2D eigenvalue weighted by atomic mass is 10.2. The van der Waals surface area contributed by atoms with Crippen LogP contribution in [-0.2, 0) is 9.53 Å². The number of benzene rings is 1. The number of nitrogens with zero attached hydrogens (tertiary/aromatic N) is 3. The monoisotopic (exact) mass is 404 g/mol.